The van der Waals surface area contributed by atoms with Crippen LogP contribution in [-0.2, 0) is 16.0 Å². The van der Waals surface area contributed by atoms with Gasteiger partial charge in [0.25, 0.3) is 0 Å². The van der Waals surface area contributed by atoms with Gasteiger partial charge in [-0.25, -0.2) is 9.37 Å². The Kier molecular flexibility index (Phi) is 6.50. The average Bonchev–Trinajstić information content (AvgIpc) is 2.55. The van der Waals surface area contributed by atoms with Crippen molar-refractivity contribution in [2.24, 2.45) is 0 Å². The van der Waals surface area contributed by atoms with E-state index in [1.54, 1.807) is 37.6 Å². The third kappa shape index (κ3) is 6.04. The lowest BCUT2D eigenvalue weighted by Gasteiger charge is -2.08. The van der Waals surface area contributed by atoms with Crippen LogP contribution in [0.4, 0.5) is 15.9 Å². The van der Waals surface area contributed by atoms with Crippen molar-refractivity contribution in [2.75, 3.05) is 30.9 Å². The van der Waals surface area contributed by atoms with E-state index in [0.29, 0.717) is 12.3 Å². The van der Waals surface area contributed by atoms with Gasteiger partial charge in [0.05, 0.1) is 18.3 Å². The Labute approximate surface area is 134 Å². The van der Waals surface area contributed by atoms with Crippen LogP contribution in [0, 0.1) is 5.82 Å². The Bertz CT molecular complexity index is 615. The van der Waals surface area contributed by atoms with Crippen molar-refractivity contribution in [3.05, 3.63) is 54.0 Å². The van der Waals surface area contributed by atoms with Crippen molar-refractivity contribution in [1.29, 1.82) is 0 Å². The second-order valence-corrected chi connectivity index (χ2v) is 5.06. The van der Waals surface area contributed by atoms with Gasteiger partial charge in [0.1, 0.15) is 11.6 Å². The van der Waals surface area contributed by atoms with Crippen LogP contribution in [0.5, 0.6) is 0 Å². The van der Waals surface area contributed by atoms with E-state index in [1.165, 1.54) is 12.1 Å². The minimum Gasteiger partial charge on any atom is -0.385 e. The van der Waals surface area contributed by atoms with Crippen molar-refractivity contribution >= 4 is 17.4 Å². The Hall–Kier alpha value is -2.47. The highest BCUT2D eigenvalue weighted by Crippen LogP contribution is 2.11. The molecule has 0 bridgehead atoms. The molecule has 0 aliphatic heterocycles. The Morgan fingerprint density at radius 2 is 2.00 bits per heavy atom. The monoisotopic (exact) mass is 317 g/mol. The number of hydrogen-bond acceptors (Lipinski definition) is 4. The molecule has 0 radical (unpaired) electrons. The molecule has 6 heteroatoms. The molecule has 1 aromatic heterocycles. The fourth-order valence-electron chi connectivity index (χ4n) is 2.00. The number of nitrogens with zero attached hydrogens (tertiary/aromatic N) is 1. The first-order valence-corrected chi connectivity index (χ1v) is 7.40. The van der Waals surface area contributed by atoms with Crippen LogP contribution in [0.1, 0.15) is 12.0 Å². The van der Waals surface area contributed by atoms with E-state index in [1.807, 2.05) is 0 Å². The molecule has 0 saturated carbocycles. The molecule has 0 saturated heterocycles. The van der Waals surface area contributed by atoms with Crippen molar-refractivity contribution < 1.29 is 13.9 Å². The number of amides is 1. The number of aromatic nitrogens is 1. The fraction of sp³-hybridized carbons (Fsp3) is 0.294. The summed E-state index contributed by atoms with van der Waals surface area (Å²) < 4.78 is 17.8. The molecule has 0 unspecified atom stereocenters. The largest absolute Gasteiger partial charge is 0.385 e. The van der Waals surface area contributed by atoms with Gasteiger partial charge in [0.15, 0.2) is 0 Å². The van der Waals surface area contributed by atoms with Crippen LogP contribution in [0.3, 0.4) is 0 Å². The molecule has 1 aromatic carbocycles. The van der Waals surface area contributed by atoms with E-state index in [-0.39, 0.29) is 18.1 Å². The van der Waals surface area contributed by atoms with E-state index in [9.17, 15) is 9.18 Å². The first kappa shape index (κ1) is 16.9. The van der Waals surface area contributed by atoms with Gasteiger partial charge in [-0.05, 0) is 36.2 Å². The number of ether oxygens (including phenoxy) is 1. The number of pyridine rings is 1. The van der Waals surface area contributed by atoms with E-state index in [2.05, 4.69) is 15.6 Å². The maximum absolute atomic E-state index is 12.8. The SMILES string of the molecule is COCCCNc1ccc(NC(=O)Cc2ccc(F)cc2)cn1. The quantitative estimate of drug-likeness (QED) is 0.735. The van der Waals surface area contributed by atoms with Gasteiger partial charge in [0.2, 0.25) is 5.91 Å². The number of nitrogens with one attached hydrogen (secondary N) is 2. The smallest absolute Gasteiger partial charge is 0.228 e. The lowest BCUT2D eigenvalue weighted by molar-refractivity contribution is -0.115. The molecule has 2 aromatic rings. The number of benzene rings is 1. The fourth-order valence-corrected chi connectivity index (χ4v) is 2.00. The molecule has 1 heterocycles. The van der Waals surface area contributed by atoms with Crippen molar-refractivity contribution in [3.63, 3.8) is 0 Å². The predicted molar refractivity (Wildman–Crippen MR) is 88.0 cm³/mol. The Morgan fingerprint density at radius 1 is 1.22 bits per heavy atom. The molecule has 0 atom stereocenters. The zero-order valence-corrected chi connectivity index (χ0v) is 13.0. The Balaban J connectivity index is 1.80. The first-order chi connectivity index (χ1) is 11.2. The summed E-state index contributed by atoms with van der Waals surface area (Å²) in [6, 6.07) is 9.47. The lowest BCUT2D eigenvalue weighted by atomic mass is 10.1. The molecule has 0 aliphatic carbocycles. The summed E-state index contributed by atoms with van der Waals surface area (Å²) in [5, 5.41) is 5.93. The summed E-state index contributed by atoms with van der Waals surface area (Å²) in [5.41, 5.74) is 1.38. The highest BCUT2D eigenvalue weighted by molar-refractivity contribution is 5.92. The van der Waals surface area contributed by atoms with E-state index < -0.39 is 0 Å². The molecule has 122 valence electrons. The zero-order chi connectivity index (χ0) is 16.5. The van der Waals surface area contributed by atoms with Gasteiger partial charge in [-0.1, -0.05) is 12.1 Å². The van der Waals surface area contributed by atoms with Crippen LogP contribution < -0.4 is 10.6 Å². The second-order valence-electron chi connectivity index (χ2n) is 5.06. The number of halogens is 1. The molecular weight excluding hydrogens is 297 g/mol. The molecule has 23 heavy (non-hydrogen) atoms. The summed E-state index contributed by atoms with van der Waals surface area (Å²) in [7, 11) is 1.67. The van der Waals surface area contributed by atoms with Crippen LogP contribution in [0.25, 0.3) is 0 Å². The Morgan fingerprint density at radius 3 is 2.65 bits per heavy atom. The molecule has 0 spiro atoms. The van der Waals surface area contributed by atoms with Crippen LogP contribution >= 0.6 is 0 Å². The molecule has 0 fully saturated rings. The lowest BCUT2D eigenvalue weighted by Crippen LogP contribution is -2.14. The molecular formula is C17H20FN3O2. The summed E-state index contributed by atoms with van der Waals surface area (Å²) in [4.78, 5) is 16.2. The minimum absolute atomic E-state index is 0.167. The highest BCUT2D eigenvalue weighted by atomic mass is 19.1. The van der Waals surface area contributed by atoms with E-state index in [4.69, 9.17) is 4.74 Å². The van der Waals surface area contributed by atoms with Crippen molar-refractivity contribution in [3.8, 4) is 0 Å². The molecule has 1 amide bonds. The topological polar surface area (TPSA) is 63.2 Å². The van der Waals surface area contributed by atoms with Crippen LogP contribution in [0.15, 0.2) is 42.6 Å². The second kappa shape index (κ2) is 8.85. The number of hydrogen-bond donors (Lipinski definition) is 2. The van der Waals surface area contributed by atoms with Crippen LogP contribution in [-0.4, -0.2) is 31.2 Å². The summed E-state index contributed by atoms with van der Waals surface area (Å²) in [5.74, 6) is 0.267. The maximum atomic E-state index is 12.8. The van der Waals surface area contributed by atoms with Gasteiger partial charge in [0, 0.05) is 20.3 Å². The number of carbonyl (C=O) groups is 1. The van der Waals surface area contributed by atoms with Gasteiger partial charge >= 0.3 is 0 Å². The molecule has 0 aliphatic rings. The minimum atomic E-state index is -0.313. The molecule has 5 nitrogen and oxygen atoms in total. The van der Waals surface area contributed by atoms with Crippen LogP contribution in [0.2, 0.25) is 0 Å². The van der Waals surface area contributed by atoms with Gasteiger partial charge in [-0.3, -0.25) is 4.79 Å². The molecule has 2 rings (SSSR count). The van der Waals surface area contributed by atoms with Crippen molar-refractivity contribution in [1.82, 2.24) is 4.98 Å². The predicted octanol–water partition coefficient (Wildman–Crippen LogP) is 2.85. The summed E-state index contributed by atoms with van der Waals surface area (Å²) in [6.45, 7) is 1.47. The van der Waals surface area contributed by atoms with Crippen molar-refractivity contribution in [2.45, 2.75) is 12.8 Å². The normalized spacial score (nSPS) is 10.3. The van der Waals surface area contributed by atoms with Gasteiger partial charge in [-0.2, -0.15) is 0 Å². The first-order valence-electron chi connectivity index (χ1n) is 7.40. The highest BCUT2D eigenvalue weighted by Gasteiger charge is 2.05. The third-order valence-electron chi connectivity index (χ3n) is 3.16. The average molecular weight is 317 g/mol. The van der Waals surface area contributed by atoms with Gasteiger partial charge < -0.3 is 15.4 Å². The number of rotatable bonds is 8. The third-order valence-corrected chi connectivity index (χ3v) is 3.16. The summed E-state index contributed by atoms with van der Waals surface area (Å²) in [6.07, 6.45) is 2.69. The number of methoxy groups -OCH3 is 1. The van der Waals surface area contributed by atoms with E-state index in [0.717, 1.165) is 24.3 Å². The van der Waals surface area contributed by atoms with E-state index >= 15 is 0 Å². The number of carbonyl (C=O) groups excluding carboxylic acids is 1. The molecule has 2 N–H and O–H groups in total. The maximum Gasteiger partial charge on any atom is 0.228 e. The standard InChI is InChI=1S/C17H20FN3O2/c1-23-10-2-9-19-16-8-7-15(12-20-16)21-17(22)11-13-3-5-14(18)6-4-13/h3-8,12H,2,9-11H2,1H3,(H,19,20)(H,21,22). The zero-order valence-electron chi connectivity index (χ0n) is 13.0. The summed E-state index contributed by atoms with van der Waals surface area (Å²) >= 11 is 0. The van der Waals surface area contributed by atoms with Gasteiger partial charge in [-0.15, -0.1) is 0 Å². The number of anilines is 2.